The molecule has 7 heteroatoms. The zero-order valence-electron chi connectivity index (χ0n) is 18.6. The summed E-state index contributed by atoms with van der Waals surface area (Å²) in [4.78, 5) is 43.9. The van der Waals surface area contributed by atoms with Gasteiger partial charge in [-0.25, -0.2) is 4.90 Å². The van der Waals surface area contributed by atoms with Gasteiger partial charge in [0.15, 0.2) is 5.78 Å². The van der Waals surface area contributed by atoms with Crippen LogP contribution in [0, 0.1) is 0 Å². The van der Waals surface area contributed by atoms with Gasteiger partial charge in [-0.2, -0.15) is 0 Å². The lowest BCUT2D eigenvalue weighted by Crippen LogP contribution is -2.52. The summed E-state index contributed by atoms with van der Waals surface area (Å²) in [5.41, 5.74) is 2.93. The smallest absolute Gasteiger partial charge is 0.251 e. The normalized spacial score (nSPS) is 19.0. The first-order valence-corrected chi connectivity index (χ1v) is 11.7. The fraction of sp³-hybridized carbons (Fsp3) is 0.222. The Balaban J connectivity index is 1.21. The first kappa shape index (κ1) is 22.3. The average molecular weight is 474 g/mol. The summed E-state index contributed by atoms with van der Waals surface area (Å²) >= 11 is 5.94. The minimum atomic E-state index is -0.434. The fourth-order valence-electron chi connectivity index (χ4n) is 4.63. The van der Waals surface area contributed by atoms with Gasteiger partial charge in [0.25, 0.3) is 5.91 Å². The van der Waals surface area contributed by atoms with E-state index in [9.17, 15) is 14.4 Å². The van der Waals surface area contributed by atoms with Crippen LogP contribution in [0.15, 0.2) is 78.9 Å². The van der Waals surface area contributed by atoms with E-state index in [1.807, 2.05) is 54.6 Å². The topological polar surface area (TPSA) is 60.9 Å². The number of hydrogen-bond acceptors (Lipinski definition) is 5. The molecule has 1 atom stereocenters. The molecule has 0 unspecified atom stereocenters. The van der Waals surface area contributed by atoms with Gasteiger partial charge in [-0.15, -0.1) is 0 Å². The lowest BCUT2D eigenvalue weighted by atomic mass is 10.0. The third kappa shape index (κ3) is 4.34. The monoisotopic (exact) mass is 473 g/mol. The van der Waals surface area contributed by atoms with E-state index in [4.69, 9.17) is 11.6 Å². The molecule has 172 valence electrons. The standard InChI is InChI=1S/C27H24ClN3O3/c28-21-8-12-23(13-9-21)31-25(32)18-24(27(31)34)30-16-14-29(15-17-30)22-10-6-20(7-11-22)26(33)19-4-2-1-3-5-19/h1-13,24H,14-18H2/t24-/m0/s1. The third-order valence-electron chi connectivity index (χ3n) is 6.49. The molecule has 0 saturated carbocycles. The highest BCUT2D eigenvalue weighted by atomic mass is 35.5. The van der Waals surface area contributed by atoms with Crippen LogP contribution in [0.3, 0.4) is 0 Å². The first-order valence-electron chi connectivity index (χ1n) is 11.3. The molecular weight excluding hydrogens is 450 g/mol. The number of nitrogens with zero attached hydrogens (tertiary/aromatic N) is 3. The molecule has 2 fully saturated rings. The Hall–Kier alpha value is -3.48. The Morgan fingerprint density at radius 1 is 0.735 bits per heavy atom. The van der Waals surface area contributed by atoms with Crippen molar-refractivity contribution in [1.82, 2.24) is 4.90 Å². The molecule has 0 bridgehead atoms. The number of rotatable bonds is 5. The van der Waals surface area contributed by atoms with Gasteiger partial charge < -0.3 is 4.90 Å². The SMILES string of the molecule is O=C(c1ccccc1)c1ccc(N2CCN([C@H]3CC(=O)N(c4ccc(Cl)cc4)C3=O)CC2)cc1. The number of halogens is 1. The minimum absolute atomic E-state index is 0.00613. The van der Waals surface area contributed by atoms with Gasteiger partial charge in [-0.1, -0.05) is 41.9 Å². The number of piperazine rings is 1. The molecule has 0 aromatic heterocycles. The number of hydrogen-bond donors (Lipinski definition) is 0. The summed E-state index contributed by atoms with van der Waals surface area (Å²) in [6.07, 6.45) is 0.192. The van der Waals surface area contributed by atoms with Crippen molar-refractivity contribution in [2.45, 2.75) is 12.5 Å². The maximum atomic E-state index is 13.1. The van der Waals surface area contributed by atoms with Crippen molar-refractivity contribution in [3.63, 3.8) is 0 Å². The van der Waals surface area contributed by atoms with Gasteiger partial charge in [-0.3, -0.25) is 19.3 Å². The van der Waals surface area contributed by atoms with Gasteiger partial charge in [0.05, 0.1) is 18.2 Å². The maximum Gasteiger partial charge on any atom is 0.251 e. The van der Waals surface area contributed by atoms with Gasteiger partial charge in [0.2, 0.25) is 5.91 Å². The van der Waals surface area contributed by atoms with Crippen molar-refractivity contribution >= 4 is 40.6 Å². The van der Waals surface area contributed by atoms with E-state index in [-0.39, 0.29) is 24.0 Å². The van der Waals surface area contributed by atoms with Crippen LogP contribution in [0.5, 0.6) is 0 Å². The highest BCUT2D eigenvalue weighted by Crippen LogP contribution is 2.28. The maximum absolute atomic E-state index is 13.1. The van der Waals surface area contributed by atoms with Crippen molar-refractivity contribution in [2.24, 2.45) is 0 Å². The number of amides is 2. The lowest BCUT2D eigenvalue weighted by molar-refractivity contribution is -0.123. The molecule has 5 rings (SSSR count). The Kier molecular flexibility index (Phi) is 6.18. The number of ketones is 1. The number of imide groups is 1. The quantitative estimate of drug-likeness (QED) is 0.413. The van der Waals surface area contributed by atoms with E-state index in [0.29, 0.717) is 34.9 Å². The molecule has 2 saturated heterocycles. The van der Waals surface area contributed by atoms with Crippen LogP contribution < -0.4 is 9.80 Å². The van der Waals surface area contributed by atoms with E-state index in [0.717, 1.165) is 18.8 Å². The summed E-state index contributed by atoms with van der Waals surface area (Å²) in [7, 11) is 0. The van der Waals surface area contributed by atoms with Crippen molar-refractivity contribution in [3.05, 3.63) is 95.0 Å². The number of carbonyl (C=O) groups excluding carboxylic acids is 3. The minimum Gasteiger partial charge on any atom is -0.369 e. The number of carbonyl (C=O) groups is 3. The van der Waals surface area contributed by atoms with Crippen LogP contribution in [0.1, 0.15) is 22.3 Å². The lowest BCUT2D eigenvalue weighted by Gasteiger charge is -2.38. The predicted octanol–water partition coefficient (Wildman–Crippen LogP) is 4.03. The van der Waals surface area contributed by atoms with Gasteiger partial charge >= 0.3 is 0 Å². The van der Waals surface area contributed by atoms with E-state index in [2.05, 4.69) is 9.80 Å². The molecule has 2 heterocycles. The highest BCUT2D eigenvalue weighted by molar-refractivity contribution is 6.30. The molecule has 0 spiro atoms. The molecule has 6 nitrogen and oxygen atoms in total. The molecule has 0 aliphatic carbocycles. The van der Waals surface area contributed by atoms with E-state index < -0.39 is 6.04 Å². The highest BCUT2D eigenvalue weighted by Gasteiger charge is 2.43. The average Bonchev–Trinajstić information content (AvgIpc) is 3.18. The largest absolute Gasteiger partial charge is 0.369 e. The molecular formula is C27H24ClN3O3. The summed E-state index contributed by atoms with van der Waals surface area (Å²) in [6.45, 7) is 2.85. The molecule has 2 amide bonds. The fourth-order valence-corrected chi connectivity index (χ4v) is 4.76. The van der Waals surface area contributed by atoms with Crippen molar-refractivity contribution in [3.8, 4) is 0 Å². The Labute approximate surface area is 203 Å². The predicted molar refractivity (Wildman–Crippen MR) is 132 cm³/mol. The van der Waals surface area contributed by atoms with Gasteiger partial charge in [0, 0.05) is 48.0 Å². The number of anilines is 2. The molecule has 0 N–H and O–H groups in total. The van der Waals surface area contributed by atoms with Crippen LogP contribution in [0.4, 0.5) is 11.4 Å². The number of benzene rings is 3. The van der Waals surface area contributed by atoms with Crippen LogP contribution in [-0.2, 0) is 9.59 Å². The summed E-state index contributed by atoms with van der Waals surface area (Å²) in [5.74, 6) is -0.352. The Morgan fingerprint density at radius 2 is 1.32 bits per heavy atom. The van der Waals surface area contributed by atoms with Gasteiger partial charge in [0.1, 0.15) is 0 Å². The molecule has 0 radical (unpaired) electrons. The second kappa shape index (κ2) is 9.41. The summed E-state index contributed by atoms with van der Waals surface area (Å²) in [6, 6.07) is 23.2. The summed E-state index contributed by atoms with van der Waals surface area (Å²) in [5, 5.41) is 0.563. The van der Waals surface area contributed by atoms with E-state index >= 15 is 0 Å². The van der Waals surface area contributed by atoms with Crippen molar-refractivity contribution in [1.29, 1.82) is 0 Å². The van der Waals surface area contributed by atoms with Crippen LogP contribution in [0.2, 0.25) is 5.02 Å². The zero-order chi connectivity index (χ0) is 23.7. The van der Waals surface area contributed by atoms with Crippen LogP contribution >= 0.6 is 11.6 Å². The molecule has 3 aromatic carbocycles. The van der Waals surface area contributed by atoms with Gasteiger partial charge in [-0.05, 0) is 48.5 Å². The molecule has 34 heavy (non-hydrogen) atoms. The van der Waals surface area contributed by atoms with E-state index in [1.165, 1.54) is 4.90 Å². The molecule has 2 aliphatic rings. The van der Waals surface area contributed by atoms with Crippen LogP contribution in [-0.4, -0.2) is 54.7 Å². The van der Waals surface area contributed by atoms with Crippen LogP contribution in [0.25, 0.3) is 0 Å². The third-order valence-corrected chi connectivity index (χ3v) is 6.75. The van der Waals surface area contributed by atoms with E-state index in [1.54, 1.807) is 24.3 Å². The molecule has 2 aliphatic heterocycles. The first-order chi connectivity index (χ1) is 16.5. The Morgan fingerprint density at radius 3 is 1.97 bits per heavy atom. The second-order valence-electron chi connectivity index (χ2n) is 8.53. The van der Waals surface area contributed by atoms with Crippen molar-refractivity contribution in [2.75, 3.05) is 36.0 Å². The Bertz CT molecular complexity index is 1200. The van der Waals surface area contributed by atoms with Crippen molar-refractivity contribution < 1.29 is 14.4 Å². The zero-order valence-corrected chi connectivity index (χ0v) is 19.3. The second-order valence-corrected chi connectivity index (χ2v) is 8.97. The summed E-state index contributed by atoms with van der Waals surface area (Å²) < 4.78 is 0. The molecule has 3 aromatic rings.